The summed E-state index contributed by atoms with van der Waals surface area (Å²) in [6.45, 7) is 6.38. The van der Waals surface area contributed by atoms with Crippen molar-refractivity contribution >= 4 is 45.6 Å². The van der Waals surface area contributed by atoms with Crippen LogP contribution in [-0.4, -0.2) is 56.9 Å². The first-order chi connectivity index (χ1) is 17.2. The van der Waals surface area contributed by atoms with E-state index in [0.29, 0.717) is 46.8 Å². The summed E-state index contributed by atoms with van der Waals surface area (Å²) < 4.78 is 16.9. The monoisotopic (exact) mass is 562 g/mol. The van der Waals surface area contributed by atoms with Crippen LogP contribution < -0.4 is 25.5 Å². The number of nitrogens with zero attached hydrogens (tertiary/aromatic N) is 1. The number of ether oxygens (including phenoxy) is 3. The molecule has 3 amide bonds. The molecule has 0 heterocycles. The van der Waals surface area contributed by atoms with Gasteiger partial charge in [0.25, 0.3) is 5.91 Å². The van der Waals surface area contributed by atoms with E-state index in [1.165, 1.54) is 13.3 Å². The quantitative estimate of drug-likeness (QED) is 0.158. The highest BCUT2D eigenvalue weighted by Crippen LogP contribution is 2.36. The maximum atomic E-state index is 12.2. The normalized spacial score (nSPS) is 10.8. The first-order valence-corrected chi connectivity index (χ1v) is 12.1. The van der Waals surface area contributed by atoms with Crippen molar-refractivity contribution in [2.75, 3.05) is 32.2 Å². The van der Waals surface area contributed by atoms with E-state index in [-0.39, 0.29) is 18.6 Å². The molecule has 0 radical (unpaired) electrons. The Morgan fingerprint density at radius 2 is 1.83 bits per heavy atom. The zero-order valence-electron chi connectivity index (χ0n) is 20.7. The van der Waals surface area contributed by atoms with Crippen molar-refractivity contribution in [3.63, 3.8) is 0 Å². The van der Waals surface area contributed by atoms with E-state index < -0.39 is 11.8 Å². The molecule has 0 spiro atoms. The Morgan fingerprint density at radius 3 is 2.50 bits per heavy atom. The zero-order valence-corrected chi connectivity index (χ0v) is 22.3. The zero-order chi connectivity index (χ0) is 26.5. The van der Waals surface area contributed by atoms with Crippen molar-refractivity contribution in [2.45, 2.75) is 33.3 Å². The first kappa shape index (κ1) is 28.8. The summed E-state index contributed by atoms with van der Waals surface area (Å²) in [5.41, 5.74) is 4.49. The van der Waals surface area contributed by atoms with Crippen LogP contribution in [0.25, 0.3) is 0 Å². The molecule has 0 fully saturated rings. The van der Waals surface area contributed by atoms with E-state index in [2.05, 4.69) is 37.1 Å². The standard InChI is InChI=1S/C25H31BrN4O6/c1-16(2)35-11-5-10-27-24(32)25(33)30-28-14-18-12-20(26)23(21(13-18)34-4)36-15-22(31)29-19-8-6-17(3)7-9-19/h6-9,12-14,16H,5,10-11,15H2,1-4H3,(H,27,32)(H,29,31)(H,30,33)/b28-14-. The van der Waals surface area contributed by atoms with Crippen molar-refractivity contribution in [3.8, 4) is 11.5 Å². The van der Waals surface area contributed by atoms with E-state index in [1.807, 2.05) is 45.0 Å². The number of amides is 3. The van der Waals surface area contributed by atoms with Crippen molar-refractivity contribution in [1.82, 2.24) is 10.7 Å². The minimum Gasteiger partial charge on any atom is -0.493 e. The second-order valence-corrected chi connectivity index (χ2v) is 8.82. The Kier molecular flexibility index (Phi) is 11.9. The molecule has 2 aromatic rings. The summed E-state index contributed by atoms with van der Waals surface area (Å²) in [5.74, 6) is -1.32. The molecule has 2 rings (SSSR count). The molecular formula is C25H31BrN4O6. The summed E-state index contributed by atoms with van der Waals surface area (Å²) >= 11 is 3.40. The van der Waals surface area contributed by atoms with Crippen LogP contribution in [-0.2, 0) is 19.1 Å². The van der Waals surface area contributed by atoms with Gasteiger partial charge in [0.05, 0.1) is 23.9 Å². The molecule has 194 valence electrons. The van der Waals surface area contributed by atoms with Gasteiger partial charge in [-0.25, -0.2) is 5.43 Å². The molecule has 0 aliphatic rings. The summed E-state index contributed by atoms with van der Waals surface area (Å²) in [4.78, 5) is 36.0. The molecule has 0 aliphatic heterocycles. The second-order valence-electron chi connectivity index (χ2n) is 7.97. The predicted molar refractivity (Wildman–Crippen MR) is 140 cm³/mol. The maximum absolute atomic E-state index is 12.2. The lowest BCUT2D eigenvalue weighted by Crippen LogP contribution is -2.38. The number of aryl methyl sites for hydroxylation is 1. The average Bonchev–Trinajstić information content (AvgIpc) is 2.83. The molecule has 2 aromatic carbocycles. The molecule has 0 unspecified atom stereocenters. The smallest absolute Gasteiger partial charge is 0.329 e. The van der Waals surface area contributed by atoms with E-state index in [9.17, 15) is 14.4 Å². The number of hydrogen-bond acceptors (Lipinski definition) is 7. The van der Waals surface area contributed by atoms with E-state index in [0.717, 1.165) is 5.56 Å². The van der Waals surface area contributed by atoms with Gasteiger partial charge in [-0.05, 0) is 73.0 Å². The van der Waals surface area contributed by atoms with Crippen LogP contribution in [0.5, 0.6) is 11.5 Å². The van der Waals surface area contributed by atoms with Crippen molar-refractivity contribution in [2.24, 2.45) is 5.10 Å². The van der Waals surface area contributed by atoms with Crippen LogP contribution in [0, 0.1) is 6.92 Å². The fourth-order valence-electron chi connectivity index (χ4n) is 2.82. The minimum absolute atomic E-state index is 0.112. The number of carbonyl (C=O) groups is 3. The van der Waals surface area contributed by atoms with Gasteiger partial charge in [0.1, 0.15) is 0 Å². The van der Waals surface area contributed by atoms with Gasteiger partial charge in [0, 0.05) is 18.8 Å². The Balaban J connectivity index is 1.87. The van der Waals surface area contributed by atoms with Crippen LogP contribution in [0.1, 0.15) is 31.4 Å². The molecule has 0 bridgehead atoms. The number of nitrogens with one attached hydrogen (secondary N) is 3. The molecule has 0 saturated heterocycles. The fourth-order valence-corrected chi connectivity index (χ4v) is 3.39. The Hall–Kier alpha value is -3.44. The lowest BCUT2D eigenvalue weighted by Gasteiger charge is -2.13. The van der Waals surface area contributed by atoms with Crippen LogP contribution >= 0.6 is 15.9 Å². The number of hydrogen-bond donors (Lipinski definition) is 3. The molecular weight excluding hydrogens is 532 g/mol. The highest BCUT2D eigenvalue weighted by molar-refractivity contribution is 9.10. The molecule has 3 N–H and O–H groups in total. The molecule has 11 heteroatoms. The largest absolute Gasteiger partial charge is 0.493 e. The molecule has 0 aliphatic carbocycles. The third kappa shape index (κ3) is 10.0. The van der Waals surface area contributed by atoms with Gasteiger partial charge >= 0.3 is 11.8 Å². The Bertz CT molecular complexity index is 1070. The van der Waals surface area contributed by atoms with Gasteiger partial charge in [-0.2, -0.15) is 5.10 Å². The predicted octanol–water partition coefficient (Wildman–Crippen LogP) is 3.17. The Morgan fingerprint density at radius 1 is 1.11 bits per heavy atom. The molecule has 0 atom stereocenters. The molecule has 10 nitrogen and oxygen atoms in total. The number of rotatable bonds is 12. The summed E-state index contributed by atoms with van der Waals surface area (Å²) in [6, 6.07) is 10.7. The lowest BCUT2D eigenvalue weighted by molar-refractivity contribution is -0.139. The molecule has 0 saturated carbocycles. The number of anilines is 1. The number of halogens is 1. The fraction of sp³-hybridized carbons (Fsp3) is 0.360. The second kappa shape index (κ2) is 14.8. The SMILES string of the molecule is COc1cc(/C=N\NC(=O)C(=O)NCCCOC(C)C)cc(Br)c1OCC(=O)Nc1ccc(C)cc1. The van der Waals surface area contributed by atoms with Crippen molar-refractivity contribution in [1.29, 1.82) is 0 Å². The third-order valence-corrected chi connectivity index (χ3v) is 5.17. The van der Waals surface area contributed by atoms with Gasteiger partial charge in [-0.15, -0.1) is 0 Å². The highest BCUT2D eigenvalue weighted by Gasteiger charge is 2.14. The number of methoxy groups -OCH3 is 1. The third-order valence-electron chi connectivity index (χ3n) is 4.58. The van der Waals surface area contributed by atoms with Gasteiger partial charge in [-0.1, -0.05) is 17.7 Å². The molecule has 36 heavy (non-hydrogen) atoms. The number of benzene rings is 2. The van der Waals surface area contributed by atoms with Crippen molar-refractivity contribution in [3.05, 3.63) is 52.0 Å². The van der Waals surface area contributed by atoms with Gasteiger partial charge in [0.2, 0.25) is 0 Å². The lowest BCUT2D eigenvalue weighted by atomic mass is 10.2. The van der Waals surface area contributed by atoms with Crippen LogP contribution in [0.4, 0.5) is 5.69 Å². The van der Waals surface area contributed by atoms with E-state index in [4.69, 9.17) is 14.2 Å². The van der Waals surface area contributed by atoms with Crippen molar-refractivity contribution < 1.29 is 28.6 Å². The van der Waals surface area contributed by atoms with E-state index in [1.54, 1.807) is 12.1 Å². The minimum atomic E-state index is -0.887. The highest BCUT2D eigenvalue weighted by atomic mass is 79.9. The number of hydrazone groups is 1. The maximum Gasteiger partial charge on any atom is 0.329 e. The summed E-state index contributed by atoms with van der Waals surface area (Å²) in [6.07, 6.45) is 2.06. The van der Waals surface area contributed by atoms with Crippen LogP contribution in [0.15, 0.2) is 46.0 Å². The average molecular weight is 563 g/mol. The van der Waals surface area contributed by atoms with Gasteiger partial charge in [0.15, 0.2) is 18.1 Å². The van der Waals surface area contributed by atoms with Gasteiger partial charge < -0.3 is 24.8 Å². The molecule has 0 aromatic heterocycles. The summed E-state index contributed by atoms with van der Waals surface area (Å²) in [5, 5.41) is 9.07. The topological polar surface area (TPSA) is 127 Å². The van der Waals surface area contributed by atoms with Crippen LogP contribution in [0.3, 0.4) is 0 Å². The Labute approximate surface area is 218 Å². The van der Waals surface area contributed by atoms with Gasteiger partial charge in [-0.3, -0.25) is 14.4 Å². The summed E-state index contributed by atoms with van der Waals surface area (Å²) in [7, 11) is 1.46. The number of carbonyl (C=O) groups excluding carboxylic acids is 3. The van der Waals surface area contributed by atoms with E-state index >= 15 is 0 Å². The first-order valence-electron chi connectivity index (χ1n) is 11.3. The van der Waals surface area contributed by atoms with Crippen LogP contribution in [0.2, 0.25) is 0 Å².